The maximum absolute atomic E-state index is 15.8. The SMILES string of the molecule is COCCOc1ccccc1[S+](c1ccccc1OCCOC)c1ccccc1OCCOC.Fc1c(F)c(F)c([B-](c2c(F)c(F)c(F)c(F)c2Cl)(c2c(F)c(F)c(F)c(F)c2Cl)c2c(F)c(F)c(F)c(F)c2Cl)c(Cl)c1F. The number of para-hydroxylation sites is 3. The second-order valence-corrected chi connectivity index (χ2v) is 19.4. The Morgan fingerprint density at radius 2 is 0.506 bits per heavy atom. The van der Waals surface area contributed by atoms with Crippen LogP contribution in [-0.4, -0.2) is 67.1 Å². The van der Waals surface area contributed by atoms with Gasteiger partial charge in [0.1, 0.15) is 60.1 Å². The van der Waals surface area contributed by atoms with Crippen LogP contribution in [0.3, 0.4) is 0 Å². The number of rotatable bonds is 19. The molecule has 0 radical (unpaired) electrons. The Balaban J connectivity index is 0.000000265. The third-order valence-electron chi connectivity index (χ3n) is 11.5. The second-order valence-electron chi connectivity index (χ2n) is 16.0. The number of ether oxygens (including phenoxy) is 6. The first kappa shape index (κ1) is 62.5. The molecule has 422 valence electrons. The zero-order valence-electron chi connectivity index (χ0n) is 40.2. The minimum Gasteiger partial charge on any atom is -0.486 e. The van der Waals surface area contributed by atoms with Crippen LogP contribution in [0.25, 0.3) is 0 Å². The first-order valence-corrected chi connectivity index (χ1v) is 24.8. The highest BCUT2D eigenvalue weighted by atomic mass is 35.5. The maximum atomic E-state index is 15.8. The van der Waals surface area contributed by atoms with Crippen LogP contribution >= 0.6 is 46.4 Å². The third-order valence-corrected chi connectivity index (χ3v) is 15.4. The Kier molecular flexibility index (Phi) is 21.1. The molecule has 0 saturated carbocycles. The summed E-state index contributed by atoms with van der Waals surface area (Å²) in [5, 5.41) is -9.69. The molecule has 7 aromatic rings. The zero-order valence-corrected chi connectivity index (χ0v) is 44.0. The van der Waals surface area contributed by atoms with E-state index in [0.29, 0.717) is 39.6 Å². The molecule has 0 bridgehead atoms. The molecular weight excluding hydrogens is 1200 g/mol. The van der Waals surface area contributed by atoms with Crippen molar-refractivity contribution in [3.63, 3.8) is 0 Å². The largest absolute Gasteiger partial charge is 0.486 e. The minimum absolute atomic E-state index is 0.461. The topological polar surface area (TPSA) is 55.4 Å². The van der Waals surface area contributed by atoms with Gasteiger partial charge in [-0.2, -0.15) is 0 Å². The van der Waals surface area contributed by atoms with Gasteiger partial charge in [-0.1, -0.05) is 82.8 Å². The van der Waals surface area contributed by atoms with Crippen molar-refractivity contribution in [2.75, 3.05) is 61.0 Å². The molecule has 0 aromatic heterocycles. The van der Waals surface area contributed by atoms with Crippen molar-refractivity contribution in [3.05, 3.63) is 186 Å². The molecule has 0 aliphatic heterocycles. The highest BCUT2D eigenvalue weighted by molar-refractivity contribution is 7.97. The van der Waals surface area contributed by atoms with E-state index in [9.17, 15) is 52.7 Å². The zero-order chi connectivity index (χ0) is 58.4. The fourth-order valence-corrected chi connectivity index (χ4v) is 11.8. The summed E-state index contributed by atoms with van der Waals surface area (Å²) in [7, 11) is 4.44. The van der Waals surface area contributed by atoms with Crippen LogP contribution in [0.15, 0.2) is 87.5 Å². The molecule has 7 rings (SSSR count). The first-order chi connectivity index (χ1) is 37.5. The Labute approximate surface area is 460 Å². The van der Waals surface area contributed by atoms with E-state index in [4.69, 9.17) is 74.8 Å². The van der Waals surface area contributed by atoms with Gasteiger partial charge in [0.15, 0.2) is 87.1 Å². The van der Waals surface area contributed by atoms with Gasteiger partial charge in [-0.05, 0) is 36.4 Å². The van der Waals surface area contributed by atoms with Crippen LogP contribution in [0.4, 0.5) is 70.2 Å². The summed E-state index contributed by atoms with van der Waals surface area (Å²) in [6.07, 6.45) is -6.24. The molecule has 0 amide bonds. The van der Waals surface area contributed by atoms with E-state index in [1.54, 1.807) is 21.3 Å². The highest BCUT2D eigenvalue weighted by Crippen LogP contribution is 2.44. The molecule has 0 aliphatic rings. The second kappa shape index (κ2) is 26.7. The molecule has 0 spiro atoms. The molecule has 0 aliphatic carbocycles. The third kappa shape index (κ3) is 11.8. The Morgan fingerprint density at radius 3 is 0.722 bits per heavy atom. The highest BCUT2D eigenvalue weighted by Gasteiger charge is 2.51. The summed E-state index contributed by atoms with van der Waals surface area (Å²) in [6.45, 7) is 2.91. The number of hydrogen-bond acceptors (Lipinski definition) is 6. The van der Waals surface area contributed by atoms with Gasteiger partial charge in [0.05, 0.1) is 19.8 Å². The van der Waals surface area contributed by atoms with Crippen LogP contribution in [0.1, 0.15) is 0 Å². The van der Waals surface area contributed by atoms with Gasteiger partial charge in [-0.15, -0.1) is 21.9 Å². The molecule has 7 aromatic carbocycles. The predicted molar refractivity (Wildman–Crippen MR) is 263 cm³/mol. The van der Waals surface area contributed by atoms with Crippen LogP contribution < -0.4 is 36.1 Å². The Bertz CT molecular complexity index is 2900. The van der Waals surface area contributed by atoms with Gasteiger partial charge in [-0.3, -0.25) is 0 Å². The van der Waals surface area contributed by atoms with Gasteiger partial charge < -0.3 is 28.4 Å². The monoisotopic (exact) mass is 1230 g/mol. The van der Waals surface area contributed by atoms with E-state index in [-0.39, 0.29) is 0 Å². The van der Waals surface area contributed by atoms with Crippen molar-refractivity contribution in [3.8, 4) is 17.2 Å². The van der Waals surface area contributed by atoms with Gasteiger partial charge in [0.25, 0.3) is 0 Å². The minimum atomic E-state index is -6.24. The number of hydrogen-bond donors (Lipinski definition) is 0. The van der Waals surface area contributed by atoms with Crippen molar-refractivity contribution in [1.29, 1.82) is 0 Å². The molecule has 0 fully saturated rings. The van der Waals surface area contributed by atoms with Crippen LogP contribution in [0, 0.1) is 93.1 Å². The standard InChI is InChI=1S/C27H33O6S.C24BCl4F16/c1-28-16-19-31-22-10-4-7-13-25(22)34(26-14-8-5-11-23(26)32-20-17-29-2)27-15-9-6-12-24(27)33-21-18-30-3;26-5-1(9(30)17(38)21(42)13(5)34)25(2-6(27)14(35)22(43)18(39)10(2)31,3-7(28)15(36)23(44)19(40)11(3)32)4-8(29)16(37)24(45)20(41)12(4)33/h4-15H,16-21H2,1-3H3;/q+1;-1. The van der Waals surface area contributed by atoms with E-state index < -0.39 is 152 Å². The average Bonchev–Trinajstić information content (AvgIpc) is 3.63. The van der Waals surface area contributed by atoms with Crippen molar-refractivity contribution in [1.82, 2.24) is 0 Å². The van der Waals surface area contributed by atoms with Gasteiger partial charge in [0.2, 0.25) is 14.7 Å². The molecule has 0 heterocycles. The van der Waals surface area contributed by atoms with Gasteiger partial charge >= 0.3 is 0 Å². The van der Waals surface area contributed by atoms with E-state index in [0.717, 1.165) is 31.9 Å². The lowest BCUT2D eigenvalue weighted by molar-refractivity contribution is 0.144. The summed E-state index contributed by atoms with van der Waals surface area (Å²) in [6, 6.07) is 24.3. The van der Waals surface area contributed by atoms with Gasteiger partial charge in [-0.25, -0.2) is 70.2 Å². The fourth-order valence-electron chi connectivity index (χ4n) is 8.15. The number of methoxy groups -OCH3 is 3. The van der Waals surface area contributed by atoms with E-state index in [2.05, 4.69) is 18.2 Å². The lowest BCUT2D eigenvalue weighted by Crippen LogP contribution is -2.79. The molecule has 6 nitrogen and oxygen atoms in total. The maximum Gasteiger partial charge on any atom is 0.208 e. The number of benzene rings is 7. The van der Waals surface area contributed by atoms with Gasteiger partial charge in [0, 0.05) is 41.4 Å². The molecule has 0 N–H and O–H groups in total. The summed E-state index contributed by atoms with van der Waals surface area (Å²) in [4.78, 5) is 3.14. The van der Waals surface area contributed by atoms with Crippen molar-refractivity contribution in [2.45, 2.75) is 14.7 Å². The molecule has 79 heavy (non-hydrogen) atoms. The summed E-state index contributed by atoms with van der Waals surface area (Å²) >= 11 is 22.3. The van der Waals surface area contributed by atoms with Crippen molar-refractivity contribution >= 4 is 85.3 Å². The lowest BCUT2D eigenvalue weighted by Gasteiger charge is -2.46. The normalized spacial score (nSPS) is 11.5. The van der Waals surface area contributed by atoms with Crippen LogP contribution in [0.5, 0.6) is 17.2 Å². The van der Waals surface area contributed by atoms with E-state index in [1.807, 2.05) is 54.6 Å². The van der Waals surface area contributed by atoms with Crippen LogP contribution in [0.2, 0.25) is 20.1 Å². The Morgan fingerprint density at radius 1 is 0.304 bits per heavy atom. The van der Waals surface area contributed by atoms with Crippen molar-refractivity contribution < 1.29 is 98.7 Å². The summed E-state index contributed by atoms with van der Waals surface area (Å²) in [5.41, 5.74) is -10.7. The predicted octanol–water partition coefficient (Wildman–Crippen LogP) is 12.8. The average molecular weight is 1230 g/mol. The molecule has 0 atom stereocenters. The summed E-state index contributed by atoms with van der Waals surface area (Å²) in [5.74, 6) is -45.9. The smallest absolute Gasteiger partial charge is 0.208 e. The van der Waals surface area contributed by atoms with E-state index >= 15 is 17.6 Å². The van der Waals surface area contributed by atoms with Crippen LogP contribution in [-0.2, 0) is 25.1 Å². The lowest BCUT2D eigenvalue weighted by atomic mass is 9.12. The first-order valence-electron chi connectivity index (χ1n) is 22.1. The molecule has 0 unspecified atom stereocenters. The van der Waals surface area contributed by atoms with Crippen molar-refractivity contribution in [2.24, 2.45) is 0 Å². The van der Waals surface area contributed by atoms with E-state index in [1.165, 1.54) is 0 Å². The quantitative estimate of drug-likeness (QED) is 0.0201. The fraction of sp³-hybridized carbons (Fsp3) is 0.176. The summed E-state index contributed by atoms with van der Waals surface area (Å²) < 4.78 is 272. The number of halogens is 20. The molecule has 0 saturated heterocycles. The molecular formula is C51H33BCl4F16O6S. The molecule has 28 heteroatoms. The Hall–Kier alpha value is -5.73.